The van der Waals surface area contributed by atoms with Gasteiger partial charge in [0.15, 0.2) is 0 Å². The summed E-state index contributed by atoms with van der Waals surface area (Å²) in [5.74, 6) is 1.28. The fourth-order valence-electron chi connectivity index (χ4n) is 3.47. The molecule has 2 rings (SSSR count). The number of methoxy groups -OCH3 is 1. The molecule has 1 aliphatic rings. The predicted molar refractivity (Wildman–Crippen MR) is 98.2 cm³/mol. The molecule has 2 amide bonds. The Morgan fingerprint density at radius 1 is 1.04 bits per heavy atom. The van der Waals surface area contributed by atoms with Gasteiger partial charge in [-0.3, -0.25) is 9.59 Å². The first kappa shape index (κ1) is 19.3. The second-order valence-electron chi connectivity index (χ2n) is 6.62. The first-order chi connectivity index (χ1) is 12.1. The number of nitrogens with zero attached hydrogens (tertiary/aromatic N) is 1. The lowest BCUT2D eigenvalue weighted by atomic mass is 9.81. The molecule has 1 aromatic rings. The van der Waals surface area contributed by atoms with Gasteiger partial charge in [-0.25, -0.2) is 0 Å². The third kappa shape index (κ3) is 5.21. The SMILES string of the molecule is CCN(CC)C(=O)C1CCC(C(=O)NCc2ccc(OC)cc2)CC1. The topological polar surface area (TPSA) is 58.6 Å². The molecular weight excluding hydrogens is 316 g/mol. The lowest BCUT2D eigenvalue weighted by Crippen LogP contribution is -2.39. The first-order valence-corrected chi connectivity index (χ1v) is 9.28. The molecule has 0 aliphatic heterocycles. The number of hydrogen-bond acceptors (Lipinski definition) is 3. The summed E-state index contributed by atoms with van der Waals surface area (Å²) in [6, 6.07) is 7.70. The second-order valence-corrected chi connectivity index (χ2v) is 6.62. The predicted octanol–water partition coefficient (Wildman–Crippen LogP) is 2.99. The van der Waals surface area contributed by atoms with Crippen LogP contribution in [0.4, 0.5) is 0 Å². The van der Waals surface area contributed by atoms with E-state index in [2.05, 4.69) is 5.32 Å². The number of nitrogens with one attached hydrogen (secondary N) is 1. The Kier molecular flexibility index (Phi) is 7.29. The van der Waals surface area contributed by atoms with Gasteiger partial charge in [0.1, 0.15) is 5.75 Å². The first-order valence-electron chi connectivity index (χ1n) is 9.28. The van der Waals surface area contributed by atoms with E-state index in [1.54, 1.807) is 7.11 Å². The highest BCUT2D eigenvalue weighted by Crippen LogP contribution is 2.30. The van der Waals surface area contributed by atoms with Crippen LogP contribution in [0.3, 0.4) is 0 Å². The fourth-order valence-corrected chi connectivity index (χ4v) is 3.47. The molecule has 0 saturated heterocycles. The minimum atomic E-state index is 0.0269. The highest BCUT2D eigenvalue weighted by molar-refractivity contribution is 5.81. The quantitative estimate of drug-likeness (QED) is 0.826. The third-order valence-electron chi connectivity index (χ3n) is 5.15. The summed E-state index contributed by atoms with van der Waals surface area (Å²) >= 11 is 0. The zero-order valence-electron chi connectivity index (χ0n) is 15.6. The standard InChI is InChI=1S/C20H30N2O3/c1-4-22(5-2)20(24)17-10-8-16(9-11-17)19(23)21-14-15-6-12-18(25-3)13-7-15/h6-7,12-13,16-17H,4-5,8-11,14H2,1-3H3,(H,21,23). The molecule has 5 heteroatoms. The minimum absolute atomic E-state index is 0.0269. The fraction of sp³-hybridized carbons (Fsp3) is 0.600. The van der Waals surface area contributed by atoms with Crippen LogP contribution in [0.25, 0.3) is 0 Å². The van der Waals surface area contributed by atoms with Crippen LogP contribution in [-0.4, -0.2) is 36.9 Å². The molecule has 25 heavy (non-hydrogen) atoms. The van der Waals surface area contributed by atoms with Crippen molar-refractivity contribution in [1.82, 2.24) is 10.2 Å². The van der Waals surface area contributed by atoms with Crippen LogP contribution in [0.15, 0.2) is 24.3 Å². The monoisotopic (exact) mass is 346 g/mol. The molecule has 0 spiro atoms. The van der Waals surface area contributed by atoms with Crippen molar-refractivity contribution in [2.45, 2.75) is 46.1 Å². The average molecular weight is 346 g/mol. The maximum atomic E-state index is 12.4. The van der Waals surface area contributed by atoms with Gasteiger partial charge in [-0.15, -0.1) is 0 Å². The maximum absolute atomic E-state index is 12.4. The van der Waals surface area contributed by atoms with Crippen LogP contribution in [-0.2, 0) is 16.1 Å². The minimum Gasteiger partial charge on any atom is -0.497 e. The van der Waals surface area contributed by atoms with Crippen molar-refractivity contribution in [3.63, 3.8) is 0 Å². The number of carbonyl (C=O) groups excluding carboxylic acids is 2. The van der Waals surface area contributed by atoms with Crippen molar-refractivity contribution in [3.8, 4) is 5.75 Å². The van der Waals surface area contributed by atoms with Crippen LogP contribution in [0, 0.1) is 11.8 Å². The smallest absolute Gasteiger partial charge is 0.225 e. The Bertz CT molecular complexity index is 559. The Morgan fingerprint density at radius 3 is 2.12 bits per heavy atom. The molecule has 138 valence electrons. The van der Waals surface area contributed by atoms with Gasteiger partial charge in [0.25, 0.3) is 0 Å². The van der Waals surface area contributed by atoms with Crippen LogP contribution in [0.2, 0.25) is 0 Å². The molecule has 0 bridgehead atoms. The van der Waals surface area contributed by atoms with Crippen molar-refractivity contribution in [1.29, 1.82) is 0 Å². The lowest BCUT2D eigenvalue weighted by molar-refractivity contribution is -0.138. The molecule has 1 aliphatic carbocycles. The number of rotatable bonds is 7. The zero-order valence-corrected chi connectivity index (χ0v) is 15.6. The molecule has 0 heterocycles. The van der Waals surface area contributed by atoms with Gasteiger partial charge < -0.3 is 15.0 Å². The Hall–Kier alpha value is -2.04. The molecule has 0 atom stereocenters. The molecule has 0 aromatic heterocycles. The van der Waals surface area contributed by atoms with Gasteiger partial charge in [-0.05, 0) is 57.2 Å². The summed E-state index contributed by atoms with van der Waals surface area (Å²) < 4.78 is 5.13. The maximum Gasteiger partial charge on any atom is 0.225 e. The Morgan fingerprint density at radius 2 is 1.60 bits per heavy atom. The largest absolute Gasteiger partial charge is 0.497 e. The van der Waals surface area contributed by atoms with E-state index in [0.717, 1.165) is 50.1 Å². The molecule has 1 saturated carbocycles. The van der Waals surface area contributed by atoms with Gasteiger partial charge in [0.2, 0.25) is 11.8 Å². The van der Waals surface area contributed by atoms with Gasteiger partial charge >= 0.3 is 0 Å². The molecule has 0 unspecified atom stereocenters. The van der Waals surface area contributed by atoms with E-state index in [1.807, 2.05) is 43.0 Å². The molecule has 0 radical (unpaired) electrons. The van der Waals surface area contributed by atoms with Gasteiger partial charge in [0, 0.05) is 31.5 Å². The van der Waals surface area contributed by atoms with E-state index in [1.165, 1.54) is 0 Å². The van der Waals surface area contributed by atoms with Crippen LogP contribution in [0.1, 0.15) is 45.1 Å². The summed E-state index contributed by atoms with van der Waals surface area (Å²) in [6.45, 7) is 6.08. The number of ether oxygens (including phenoxy) is 1. The molecule has 1 fully saturated rings. The van der Waals surface area contributed by atoms with E-state index >= 15 is 0 Å². The van der Waals surface area contributed by atoms with Crippen molar-refractivity contribution in [2.24, 2.45) is 11.8 Å². The van der Waals surface area contributed by atoms with E-state index in [-0.39, 0.29) is 23.7 Å². The van der Waals surface area contributed by atoms with Gasteiger partial charge in [-0.2, -0.15) is 0 Å². The van der Waals surface area contributed by atoms with Crippen LogP contribution < -0.4 is 10.1 Å². The number of hydrogen-bond donors (Lipinski definition) is 1. The van der Waals surface area contributed by atoms with Gasteiger partial charge in [0.05, 0.1) is 7.11 Å². The average Bonchev–Trinajstić information content (AvgIpc) is 2.67. The van der Waals surface area contributed by atoms with Crippen molar-refractivity contribution < 1.29 is 14.3 Å². The molecular formula is C20H30N2O3. The highest BCUT2D eigenvalue weighted by Gasteiger charge is 2.31. The van der Waals surface area contributed by atoms with Crippen LogP contribution in [0.5, 0.6) is 5.75 Å². The summed E-state index contributed by atoms with van der Waals surface area (Å²) in [7, 11) is 1.64. The van der Waals surface area contributed by atoms with Crippen LogP contribution >= 0.6 is 0 Å². The Balaban J connectivity index is 1.77. The summed E-state index contributed by atoms with van der Waals surface area (Å²) in [4.78, 5) is 26.7. The number of benzene rings is 1. The van der Waals surface area contributed by atoms with Crippen molar-refractivity contribution in [2.75, 3.05) is 20.2 Å². The molecule has 1 aromatic carbocycles. The van der Waals surface area contributed by atoms with Crippen molar-refractivity contribution >= 4 is 11.8 Å². The second kappa shape index (κ2) is 9.44. The summed E-state index contributed by atoms with van der Waals surface area (Å²) in [5, 5.41) is 3.02. The zero-order chi connectivity index (χ0) is 18.2. The van der Waals surface area contributed by atoms with E-state index in [4.69, 9.17) is 4.74 Å². The number of carbonyl (C=O) groups is 2. The Labute approximate surface area is 150 Å². The lowest BCUT2D eigenvalue weighted by Gasteiger charge is -2.30. The molecule has 1 N–H and O–H groups in total. The normalized spacial score (nSPS) is 20.0. The van der Waals surface area contributed by atoms with E-state index in [0.29, 0.717) is 6.54 Å². The molecule has 5 nitrogen and oxygen atoms in total. The third-order valence-corrected chi connectivity index (χ3v) is 5.15. The number of amides is 2. The van der Waals surface area contributed by atoms with E-state index in [9.17, 15) is 9.59 Å². The summed E-state index contributed by atoms with van der Waals surface area (Å²) in [6.07, 6.45) is 3.23. The van der Waals surface area contributed by atoms with Crippen molar-refractivity contribution in [3.05, 3.63) is 29.8 Å². The summed E-state index contributed by atoms with van der Waals surface area (Å²) in [5.41, 5.74) is 1.06. The highest BCUT2D eigenvalue weighted by atomic mass is 16.5. The van der Waals surface area contributed by atoms with Gasteiger partial charge in [-0.1, -0.05) is 12.1 Å². The van der Waals surface area contributed by atoms with E-state index < -0.39 is 0 Å².